The molecule has 0 aliphatic heterocycles. The molecule has 152 valence electrons. The molecular weight excluding hydrogens is 388 g/mol. The van der Waals surface area contributed by atoms with Gasteiger partial charge in [0.05, 0.1) is 23.6 Å². The third-order valence-electron chi connectivity index (χ3n) is 4.48. The van der Waals surface area contributed by atoms with Crippen LogP contribution in [0.3, 0.4) is 0 Å². The molecule has 7 heteroatoms. The number of carbonyl (C=O) groups is 1. The summed E-state index contributed by atoms with van der Waals surface area (Å²) in [5.41, 5.74) is 2.08. The van der Waals surface area contributed by atoms with Gasteiger partial charge in [-0.1, -0.05) is 48.0 Å². The molecular formula is C22H24N2O4S. The summed E-state index contributed by atoms with van der Waals surface area (Å²) in [6.07, 6.45) is 2.09. The third kappa shape index (κ3) is 6.04. The Hall–Kier alpha value is -2.90. The monoisotopic (exact) mass is 412 g/mol. The second kappa shape index (κ2) is 9.54. The minimum Gasteiger partial charge on any atom is -0.468 e. The maximum atomic E-state index is 12.7. The molecule has 1 heterocycles. The van der Waals surface area contributed by atoms with Gasteiger partial charge in [0.15, 0.2) is 0 Å². The lowest BCUT2D eigenvalue weighted by molar-refractivity contribution is -0.121. The van der Waals surface area contributed by atoms with Gasteiger partial charge in [0.1, 0.15) is 5.76 Å². The summed E-state index contributed by atoms with van der Waals surface area (Å²) in [5.74, 6) is 0.132. The predicted octanol–water partition coefficient (Wildman–Crippen LogP) is 3.36. The van der Waals surface area contributed by atoms with E-state index in [1.165, 1.54) is 18.4 Å². The molecule has 0 saturated heterocycles. The van der Waals surface area contributed by atoms with Gasteiger partial charge in [0, 0.05) is 6.54 Å². The summed E-state index contributed by atoms with van der Waals surface area (Å²) in [4.78, 5) is 12.6. The summed E-state index contributed by atoms with van der Waals surface area (Å²) in [6, 6.07) is 18.9. The van der Waals surface area contributed by atoms with Gasteiger partial charge in [-0.25, -0.2) is 8.42 Å². The molecule has 6 nitrogen and oxygen atoms in total. The Balaban J connectivity index is 1.64. The van der Waals surface area contributed by atoms with Crippen molar-refractivity contribution in [2.45, 2.75) is 30.7 Å². The third-order valence-corrected chi connectivity index (χ3v) is 5.97. The van der Waals surface area contributed by atoms with E-state index in [0.717, 1.165) is 11.1 Å². The van der Waals surface area contributed by atoms with Gasteiger partial charge in [-0.15, -0.1) is 0 Å². The van der Waals surface area contributed by atoms with Crippen LogP contribution in [0.15, 0.2) is 82.3 Å². The van der Waals surface area contributed by atoms with Crippen molar-refractivity contribution < 1.29 is 17.6 Å². The Morgan fingerprint density at radius 3 is 2.38 bits per heavy atom. The van der Waals surface area contributed by atoms with Gasteiger partial charge in [-0.3, -0.25) is 4.79 Å². The lowest BCUT2D eigenvalue weighted by atomic mass is 10.1. The van der Waals surface area contributed by atoms with Gasteiger partial charge in [0.2, 0.25) is 15.9 Å². The Morgan fingerprint density at radius 1 is 1.00 bits per heavy atom. The molecule has 2 aromatic carbocycles. The summed E-state index contributed by atoms with van der Waals surface area (Å²) in [5, 5.41) is 2.84. The van der Waals surface area contributed by atoms with Crippen molar-refractivity contribution in [2.75, 3.05) is 6.54 Å². The number of rotatable bonds is 9. The van der Waals surface area contributed by atoms with Crippen LogP contribution in [0, 0.1) is 6.92 Å². The highest BCUT2D eigenvalue weighted by molar-refractivity contribution is 7.89. The first-order valence-electron chi connectivity index (χ1n) is 9.37. The SMILES string of the molecule is Cc1ccc(S(=O)(=O)NC(CC(=O)NCCc2ccccc2)c2ccco2)cc1. The van der Waals surface area contributed by atoms with E-state index in [9.17, 15) is 13.2 Å². The van der Waals surface area contributed by atoms with Crippen LogP contribution in [0.25, 0.3) is 0 Å². The predicted molar refractivity (Wildman–Crippen MR) is 111 cm³/mol. The van der Waals surface area contributed by atoms with E-state index in [2.05, 4.69) is 10.0 Å². The Labute approximate surface area is 171 Å². The van der Waals surface area contributed by atoms with Gasteiger partial charge in [-0.2, -0.15) is 4.72 Å². The average molecular weight is 413 g/mol. The normalized spacial score (nSPS) is 12.4. The lowest BCUT2D eigenvalue weighted by Gasteiger charge is -2.17. The number of nitrogens with one attached hydrogen (secondary N) is 2. The number of hydrogen-bond acceptors (Lipinski definition) is 4. The summed E-state index contributed by atoms with van der Waals surface area (Å²) in [6.45, 7) is 2.35. The molecule has 2 N–H and O–H groups in total. The number of carbonyl (C=O) groups excluding carboxylic acids is 1. The van der Waals surface area contributed by atoms with Crippen LogP contribution in [0.5, 0.6) is 0 Å². The molecule has 0 spiro atoms. The zero-order valence-electron chi connectivity index (χ0n) is 16.2. The fourth-order valence-corrected chi connectivity index (χ4v) is 4.12. The van der Waals surface area contributed by atoms with Crippen molar-refractivity contribution in [2.24, 2.45) is 0 Å². The lowest BCUT2D eigenvalue weighted by Crippen LogP contribution is -2.34. The smallest absolute Gasteiger partial charge is 0.241 e. The van der Waals surface area contributed by atoms with Crippen molar-refractivity contribution >= 4 is 15.9 Å². The Bertz CT molecular complexity index is 1010. The molecule has 0 bridgehead atoms. The van der Waals surface area contributed by atoms with Gasteiger partial charge in [0.25, 0.3) is 0 Å². The number of furan rings is 1. The van der Waals surface area contributed by atoms with Crippen molar-refractivity contribution in [1.29, 1.82) is 0 Å². The fraction of sp³-hybridized carbons (Fsp3) is 0.227. The Kier molecular flexibility index (Phi) is 6.85. The zero-order chi connectivity index (χ0) is 20.7. The first-order chi connectivity index (χ1) is 13.9. The minimum absolute atomic E-state index is 0.0621. The number of benzene rings is 2. The highest BCUT2D eigenvalue weighted by Crippen LogP contribution is 2.21. The molecule has 29 heavy (non-hydrogen) atoms. The molecule has 0 aliphatic carbocycles. The van der Waals surface area contributed by atoms with E-state index in [1.807, 2.05) is 37.3 Å². The maximum absolute atomic E-state index is 12.7. The van der Waals surface area contributed by atoms with E-state index < -0.39 is 16.1 Å². The maximum Gasteiger partial charge on any atom is 0.241 e. The molecule has 1 unspecified atom stereocenters. The van der Waals surface area contributed by atoms with E-state index in [4.69, 9.17) is 4.42 Å². The molecule has 0 aliphatic rings. The molecule has 1 amide bonds. The van der Waals surface area contributed by atoms with Crippen LogP contribution in [0.4, 0.5) is 0 Å². The van der Waals surface area contributed by atoms with Crippen LogP contribution in [-0.2, 0) is 21.2 Å². The van der Waals surface area contributed by atoms with E-state index in [1.54, 1.807) is 24.3 Å². The van der Waals surface area contributed by atoms with Crippen LogP contribution in [-0.4, -0.2) is 20.9 Å². The number of aryl methyl sites for hydroxylation is 1. The second-order valence-corrected chi connectivity index (χ2v) is 8.51. The molecule has 1 aromatic heterocycles. The molecule has 0 radical (unpaired) electrons. The number of sulfonamides is 1. The topological polar surface area (TPSA) is 88.4 Å². The largest absolute Gasteiger partial charge is 0.468 e. The fourth-order valence-electron chi connectivity index (χ4n) is 2.91. The van der Waals surface area contributed by atoms with Gasteiger partial charge >= 0.3 is 0 Å². The van der Waals surface area contributed by atoms with Gasteiger partial charge in [-0.05, 0) is 43.2 Å². The van der Waals surface area contributed by atoms with Crippen molar-refractivity contribution in [3.63, 3.8) is 0 Å². The number of amides is 1. The summed E-state index contributed by atoms with van der Waals surface area (Å²) < 4.78 is 33.4. The van der Waals surface area contributed by atoms with Crippen molar-refractivity contribution in [3.05, 3.63) is 89.9 Å². The van der Waals surface area contributed by atoms with Crippen LogP contribution in [0.2, 0.25) is 0 Å². The van der Waals surface area contributed by atoms with E-state index in [0.29, 0.717) is 18.7 Å². The highest BCUT2D eigenvalue weighted by atomic mass is 32.2. The molecule has 1 atom stereocenters. The summed E-state index contributed by atoms with van der Waals surface area (Å²) in [7, 11) is -3.80. The van der Waals surface area contributed by atoms with Gasteiger partial charge < -0.3 is 9.73 Å². The summed E-state index contributed by atoms with van der Waals surface area (Å²) >= 11 is 0. The molecule has 0 fully saturated rings. The first-order valence-corrected chi connectivity index (χ1v) is 10.9. The van der Waals surface area contributed by atoms with Crippen molar-refractivity contribution in [1.82, 2.24) is 10.0 Å². The Morgan fingerprint density at radius 2 is 1.72 bits per heavy atom. The first kappa shape index (κ1) is 20.8. The average Bonchev–Trinajstić information content (AvgIpc) is 3.23. The van der Waals surface area contributed by atoms with Crippen molar-refractivity contribution in [3.8, 4) is 0 Å². The second-order valence-electron chi connectivity index (χ2n) is 6.79. The van der Waals surface area contributed by atoms with E-state index in [-0.39, 0.29) is 17.2 Å². The van der Waals surface area contributed by atoms with Crippen LogP contribution < -0.4 is 10.0 Å². The quantitative estimate of drug-likeness (QED) is 0.564. The van der Waals surface area contributed by atoms with Crippen LogP contribution >= 0.6 is 0 Å². The highest BCUT2D eigenvalue weighted by Gasteiger charge is 2.25. The molecule has 3 aromatic rings. The molecule has 3 rings (SSSR count). The standard InChI is InChI=1S/C22H24N2O4S/c1-17-9-11-19(12-10-17)29(26,27)24-20(21-8-5-15-28-21)16-22(25)23-14-13-18-6-3-2-4-7-18/h2-12,15,20,24H,13-14,16H2,1H3,(H,23,25). The van der Waals surface area contributed by atoms with E-state index >= 15 is 0 Å². The number of hydrogen-bond donors (Lipinski definition) is 2. The molecule has 0 saturated carbocycles. The zero-order valence-corrected chi connectivity index (χ0v) is 17.0. The van der Waals surface area contributed by atoms with Crippen LogP contribution in [0.1, 0.15) is 29.3 Å². The minimum atomic E-state index is -3.80.